The molecule has 0 aliphatic carbocycles. The van der Waals surface area contributed by atoms with Gasteiger partial charge in [0, 0.05) is 10.6 Å². The Hall–Kier alpha value is -2.12. The van der Waals surface area contributed by atoms with E-state index in [0.29, 0.717) is 11.3 Å². The largest absolute Gasteiger partial charge is 0.496 e. The number of benzene rings is 2. The van der Waals surface area contributed by atoms with Gasteiger partial charge in [-0.1, -0.05) is 23.9 Å². The first-order valence-corrected chi connectivity index (χ1v) is 6.16. The molecule has 0 radical (unpaired) electrons. The molecule has 0 unspecified atom stereocenters. The molecule has 0 saturated carbocycles. The van der Waals surface area contributed by atoms with Crippen LogP contribution < -0.4 is 10.5 Å². The third-order valence-corrected chi connectivity index (χ3v) is 3.49. The predicted octanol–water partition coefficient (Wildman–Crippen LogP) is 3.30. The van der Waals surface area contributed by atoms with Crippen LogP contribution in [0, 0.1) is 11.3 Å². The Morgan fingerprint density at radius 1 is 1.22 bits per heavy atom. The van der Waals surface area contributed by atoms with Gasteiger partial charge in [-0.05, 0) is 30.3 Å². The second-order valence-electron chi connectivity index (χ2n) is 3.61. The SMILES string of the molecule is COc1ccccc1Sc1ccc(N)c(C#N)c1. The van der Waals surface area contributed by atoms with Gasteiger partial charge in [0.25, 0.3) is 0 Å². The Kier molecular flexibility index (Phi) is 3.75. The molecule has 0 heterocycles. The third-order valence-electron chi connectivity index (χ3n) is 2.44. The van der Waals surface area contributed by atoms with Crippen molar-refractivity contribution in [2.24, 2.45) is 0 Å². The van der Waals surface area contributed by atoms with Gasteiger partial charge in [0.05, 0.1) is 17.6 Å². The lowest BCUT2D eigenvalue weighted by molar-refractivity contribution is 0.405. The first-order valence-electron chi connectivity index (χ1n) is 5.35. The molecule has 2 aromatic carbocycles. The van der Waals surface area contributed by atoms with Gasteiger partial charge in [0.1, 0.15) is 11.8 Å². The van der Waals surface area contributed by atoms with Crippen LogP contribution in [0.3, 0.4) is 0 Å². The molecule has 18 heavy (non-hydrogen) atoms. The average Bonchev–Trinajstić information content (AvgIpc) is 2.41. The standard InChI is InChI=1S/C14H12N2OS/c1-17-13-4-2-3-5-14(13)18-11-6-7-12(16)10(8-11)9-15/h2-8H,16H2,1H3. The Labute approximate surface area is 110 Å². The minimum absolute atomic E-state index is 0.495. The number of methoxy groups -OCH3 is 1. The summed E-state index contributed by atoms with van der Waals surface area (Å²) in [7, 11) is 1.64. The third kappa shape index (κ3) is 2.58. The number of nitrogen functional groups attached to an aromatic ring is 1. The fourth-order valence-electron chi connectivity index (χ4n) is 1.53. The quantitative estimate of drug-likeness (QED) is 0.856. The van der Waals surface area contributed by atoms with Crippen molar-refractivity contribution in [3.63, 3.8) is 0 Å². The number of nitrogens with zero attached hydrogens (tertiary/aromatic N) is 1. The fourth-order valence-corrected chi connectivity index (χ4v) is 2.49. The fraction of sp³-hybridized carbons (Fsp3) is 0.0714. The van der Waals surface area contributed by atoms with Gasteiger partial charge in [-0.2, -0.15) is 5.26 Å². The molecule has 90 valence electrons. The summed E-state index contributed by atoms with van der Waals surface area (Å²) in [5.74, 6) is 0.817. The molecule has 2 N–H and O–H groups in total. The molecule has 0 aliphatic rings. The number of ether oxygens (including phenoxy) is 1. The van der Waals surface area contributed by atoms with Crippen LogP contribution in [0.15, 0.2) is 52.3 Å². The van der Waals surface area contributed by atoms with E-state index < -0.39 is 0 Å². The minimum atomic E-state index is 0.495. The van der Waals surface area contributed by atoms with Crippen LogP contribution in [0.5, 0.6) is 5.75 Å². The topological polar surface area (TPSA) is 59.0 Å². The van der Waals surface area contributed by atoms with Gasteiger partial charge in [-0.15, -0.1) is 0 Å². The number of rotatable bonds is 3. The highest BCUT2D eigenvalue weighted by Crippen LogP contribution is 2.35. The molecule has 0 bridgehead atoms. The summed E-state index contributed by atoms with van der Waals surface area (Å²) in [6.45, 7) is 0. The van der Waals surface area contributed by atoms with E-state index in [1.54, 1.807) is 31.0 Å². The molecular weight excluding hydrogens is 244 g/mol. The van der Waals surface area contributed by atoms with Gasteiger partial charge in [0.2, 0.25) is 0 Å². The molecule has 2 aromatic rings. The zero-order valence-corrected chi connectivity index (χ0v) is 10.7. The Bertz CT molecular complexity index is 605. The monoisotopic (exact) mass is 256 g/mol. The van der Waals surface area contributed by atoms with Crippen LogP contribution >= 0.6 is 11.8 Å². The lowest BCUT2D eigenvalue weighted by Gasteiger charge is -2.08. The van der Waals surface area contributed by atoms with Crippen LogP contribution in [0.2, 0.25) is 0 Å². The van der Waals surface area contributed by atoms with Crippen molar-refractivity contribution in [3.8, 4) is 11.8 Å². The maximum Gasteiger partial charge on any atom is 0.132 e. The van der Waals surface area contributed by atoms with Crippen molar-refractivity contribution in [1.82, 2.24) is 0 Å². The summed E-state index contributed by atoms with van der Waals surface area (Å²) in [4.78, 5) is 1.97. The highest BCUT2D eigenvalue weighted by molar-refractivity contribution is 7.99. The zero-order valence-electron chi connectivity index (χ0n) is 9.88. The number of anilines is 1. The molecule has 4 heteroatoms. The summed E-state index contributed by atoms with van der Waals surface area (Å²) in [6, 6.07) is 15.3. The summed E-state index contributed by atoms with van der Waals surface area (Å²) in [5.41, 5.74) is 6.69. The van der Waals surface area contributed by atoms with Gasteiger partial charge in [-0.3, -0.25) is 0 Å². The van der Waals surface area contributed by atoms with Crippen LogP contribution in [0.1, 0.15) is 5.56 Å². The summed E-state index contributed by atoms with van der Waals surface area (Å²) >= 11 is 1.55. The smallest absolute Gasteiger partial charge is 0.132 e. The second kappa shape index (κ2) is 5.48. The molecule has 0 saturated heterocycles. The maximum absolute atomic E-state index is 8.95. The summed E-state index contributed by atoms with van der Waals surface area (Å²) < 4.78 is 5.29. The highest BCUT2D eigenvalue weighted by Gasteiger charge is 2.06. The van der Waals surface area contributed by atoms with Gasteiger partial charge in [-0.25, -0.2) is 0 Å². The van der Waals surface area contributed by atoms with Crippen molar-refractivity contribution in [3.05, 3.63) is 48.0 Å². The van der Waals surface area contributed by atoms with Crippen molar-refractivity contribution >= 4 is 17.4 Å². The maximum atomic E-state index is 8.95. The van der Waals surface area contributed by atoms with E-state index in [9.17, 15) is 0 Å². The van der Waals surface area contributed by atoms with Crippen LogP contribution in [-0.4, -0.2) is 7.11 Å². The van der Waals surface area contributed by atoms with E-state index in [-0.39, 0.29) is 0 Å². The lowest BCUT2D eigenvalue weighted by Crippen LogP contribution is -1.90. The molecule has 0 fully saturated rings. The molecule has 2 rings (SSSR count). The highest BCUT2D eigenvalue weighted by atomic mass is 32.2. The molecular formula is C14H12N2OS. The van der Waals surface area contributed by atoms with Gasteiger partial charge < -0.3 is 10.5 Å². The Morgan fingerprint density at radius 3 is 2.72 bits per heavy atom. The van der Waals surface area contributed by atoms with Crippen LogP contribution in [0.4, 0.5) is 5.69 Å². The van der Waals surface area contributed by atoms with Crippen molar-refractivity contribution in [1.29, 1.82) is 5.26 Å². The van der Waals surface area contributed by atoms with E-state index in [1.165, 1.54) is 0 Å². The van der Waals surface area contributed by atoms with E-state index >= 15 is 0 Å². The zero-order chi connectivity index (χ0) is 13.0. The first kappa shape index (κ1) is 12.3. The number of nitriles is 1. The summed E-state index contributed by atoms with van der Waals surface area (Å²) in [6.07, 6.45) is 0. The molecule has 0 aromatic heterocycles. The predicted molar refractivity (Wildman–Crippen MR) is 72.7 cm³/mol. The second-order valence-corrected chi connectivity index (χ2v) is 4.73. The number of para-hydroxylation sites is 1. The van der Waals surface area contributed by atoms with Crippen LogP contribution in [-0.2, 0) is 0 Å². The first-order chi connectivity index (χ1) is 8.74. The van der Waals surface area contributed by atoms with Crippen LogP contribution in [0.25, 0.3) is 0 Å². The molecule has 0 atom stereocenters. The lowest BCUT2D eigenvalue weighted by atomic mass is 10.2. The van der Waals surface area contributed by atoms with Gasteiger partial charge in [0.15, 0.2) is 0 Å². The van der Waals surface area contributed by atoms with Gasteiger partial charge >= 0.3 is 0 Å². The Balaban J connectivity index is 2.32. The van der Waals surface area contributed by atoms with Crippen molar-refractivity contribution in [2.45, 2.75) is 9.79 Å². The van der Waals surface area contributed by atoms with E-state index in [4.69, 9.17) is 15.7 Å². The molecule has 3 nitrogen and oxygen atoms in total. The average molecular weight is 256 g/mol. The normalized spacial score (nSPS) is 9.78. The van der Waals surface area contributed by atoms with E-state index in [2.05, 4.69) is 6.07 Å². The van der Waals surface area contributed by atoms with E-state index in [0.717, 1.165) is 15.5 Å². The summed E-state index contributed by atoms with van der Waals surface area (Å²) in [5, 5.41) is 8.95. The minimum Gasteiger partial charge on any atom is -0.496 e. The molecule has 0 amide bonds. The van der Waals surface area contributed by atoms with E-state index in [1.807, 2.05) is 30.3 Å². The number of hydrogen-bond acceptors (Lipinski definition) is 4. The number of nitrogens with two attached hydrogens (primary N) is 1. The number of hydrogen-bond donors (Lipinski definition) is 1. The molecule has 0 spiro atoms. The van der Waals surface area contributed by atoms with Crippen molar-refractivity contribution in [2.75, 3.05) is 12.8 Å². The molecule has 0 aliphatic heterocycles. The Morgan fingerprint density at radius 2 is 2.00 bits per heavy atom. The van der Waals surface area contributed by atoms with Crippen molar-refractivity contribution < 1.29 is 4.74 Å².